The van der Waals surface area contributed by atoms with E-state index in [1.54, 1.807) is 25.3 Å². The lowest BCUT2D eigenvalue weighted by Gasteiger charge is -2.11. The average molecular weight is 332 g/mol. The normalized spacial score (nSPS) is 11.8. The first-order chi connectivity index (χ1) is 12.1. The molecular formula is C21H20N2O2. The zero-order valence-electron chi connectivity index (χ0n) is 14.0. The molecular weight excluding hydrogens is 312 g/mol. The van der Waals surface area contributed by atoms with Crippen LogP contribution in [-0.4, -0.2) is 28.6 Å². The molecule has 0 spiro atoms. The van der Waals surface area contributed by atoms with Gasteiger partial charge in [0, 0.05) is 30.1 Å². The van der Waals surface area contributed by atoms with Gasteiger partial charge in [-0.2, -0.15) is 0 Å². The first-order valence-electron chi connectivity index (χ1n) is 8.21. The number of carbonyl (C=O) groups excluding carboxylic acids is 1. The molecule has 3 rings (SSSR count). The maximum atomic E-state index is 12.1. The summed E-state index contributed by atoms with van der Waals surface area (Å²) in [4.78, 5) is 16.3. The maximum absolute atomic E-state index is 12.1. The fourth-order valence-corrected chi connectivity index (χ4v) is 2.64. The highest BCUT2D eigenvalue weighted by Gasteiger charge is 2.10. The summed E-state index contributed by atoms with van der Waals surface area (Å²) in [5.74, 6) is -0.193. The number of pyridine rings is 1. The highest BCUT2D eigenvalue weighted by Crippen LogP contribution is 2.31. The van der Waals surface area contributed by atoms with Gasteiger partial charge < -0.3 is 10.4 Å². The Morgan fingerprint density at radius 1 is 1.00 bits per heavy atom. The number of aliphatic hydroxyl groups excluding tert-OH is 1. The van der Waals surface area contributed by atoms with Crippen LogP contribution in [0.15, 0.2) is 73.1 Å². The van der Waals surface area contributed by atoms with E-state index in [9.17, 15) is 9.90 Å². The zero-order chi connectivity index (χ0) is 17.6. The second kappa shape index (κ2) is 7.73. The first kappa shape index (κ1) is 16.9. The van der Waals surface area contributed by atoms with Crippen LogP contribution in [0.5, 0.6) is 0 Å². The number of benzene rings is 2. The van der Waals surface area contributed by atoms with Gasteiger partial charge in [-0.3, -0.25) is 9.78 Å². The van der Waals surface area contributed by atoms with Gasteiger partial charge >= 0.3 is 0 Å². The Bertz CT molecular complexity index is 843. The number of aromatic nitrogens is 1. The molecule has 0 radical (unpaired) electrons. The Labute approximate surface area is 147 Å². The molecule has 1 amide bonds. The molecule has 2 aromatic carbocycles. The molecule has 2 N–H and O–H groups in total. The standard InChI is InChI=1S/C21H20N2O2/c1-15(24)13-23-21(25)18-9-7-17(8-10-18)20-14-22-12-11-19(20)16-5-3-2-4-6-16/h2-12,14-15,24H,13H2,1H3,(H,23,25)/t15-/m1/s1. The lowest BCUT2D eigenvalue weighted by atomic mass is 9.96. The lowest BCUT2D eigenvalue weighted by Crippen LogP contribution is -2.30. The molecule has 4 heteroatoms. The van der Waals surface area contributed by atoms with Crippen molar-refractivity contribution in [1.82, 2.24) is 10.3 Å². The maximum Gasteiger partial charge on any atom is 0.251 e. The van der Waals surface area contributed by atoms with Crippen LogP contribution in [0.25, 0.3) is 22.3 Å². The topological polar surface area (TPSA) is 62.2 Å². The predicted octanol–water partition coefficient (Wildman–Crippen LogP) is 3.53. The number of nitrogens with one attached hydrogen (secondary N) is 1. The van der Waals surface area contributed by atoms with Gasteiger partial charge in [-0.25, -0.2) is 0 Å². The van der Waals surface area contributed by atoms with E-state index in [1.165, 1.54) is 0 Å². The van der Waals surface area contributed by atoms with Crippen LogP contribution >= 0.6 is 0 Å². The highest BCUT2D eigenvalue weighted by molar-refractivity contribution is 5.95. The molecule has 1 aromatic heterocycles. The van der Waals surface area contributed by atoms with Crippen LogP contribution in [0.3, 0.4) is 0 Å². The van der Waals surface area contributed by atoms with Crippen molar-refractivity contribution in [2.75, 3.05) is 6.54 Å². The number of nitrogens with zero attached hydrogens (tertiary/aromatic N) is 1. The number of amides is 1. The minimum absolute atomic E-state index is 0.193. The fourth-order valence-electron chi connectivity index (χ4n) is 2.64. The molecule has 1 atom stereocenters. The van der Waals surface area contributed by atoms with E-state index in [0.717, 1.165) is 22.3 Å². The monoisotopic (exact) mass is 332 g/mol. The largest absolute Gasteiger partial charge is 0.392 e. The van der Waals surface area contributed by atoms with Crippen molar-refractivity contribution in [1.29, 1.82) is 0 Å². The molecule has 0 saturated carbocycles. The van der Waals surface area contributed by atoms with Gasteiger partial charge in [-0.15, -0.1) is 0 Å². The molecule has 0 aliphatic heterocycles. The molecule has 0 aliphatic rings. The molecule has 0 fully saturated rings. The Hall–Kier alpha value is -2.98. The Balaban J connectivity index is 1.88. The number of carbonyl (C=O) groups is 1. The van der Waals surface area contributed by atoms with Gasteiger partial charge in [0.25, 0.3) is 5.91 Å². The highest BCUT2D eigenvalue weighted by atomic mass is 16.3. The average Bonchev–Trinajstić information content (AvgIpc) is 2.67. The van der Waals surface area contributed by atoms with Crippen molar-refractivity contribution < 1.29 is 9.90 Å². The summed E-state index contributed by atoms with van der Waals surface area (Å²) < 4.78 is 0. The van der Waals surface area contributed by atoms with Crippen LogP contribution in [0.2, 0.25) is 0 Å². The van der Waals surface area contributed by atoms with E-state index >= 15 is 0 Å². The van der Waals surface area contributed by atoms with E-state index in [1.807, 2.05) is 42.6 Å². The van der Waals surface area contributed by atoms with Crippen LogP contribution in [0.1, 0.15) is 17.3 Å². The summed E-state index contributed by atoms with van der Waals surface area (Å²) in [7, 11) is 0. The van der Waals surface area contributed by atoms with Gasteiger partial charge in [0.05, 0.1) is 6.10 Å². The van der Waals surface area contributed by atoms with Crippen molar-refractivity contribution in [3.05, 3.63) is 78.6 Å². The van der Waals surface area contributed by atoms with Crippen LogP contribution < -0.4 is 5.32 Å². The molecule has 0 bridgehead atoms. The van der Waals surface area contributed by atoms with Gasteiger partial charge in [0.2, 0.25) is 0 Å². The summed E-state index contributed by atoms with van der Waals surface area (Å²) in [6.45, 7) is 1.87. The van der Waals surface area contributed by atoms with E-state index in [2.05, 4.69) is 22.4 Å². The summed E-state index contributed by atoms with van der Waals surface area (Å²) in [6, 6.07) is 19.5. The van der Waals surface area contributed by atoms with Gasteiger partial charge in [0.15, 0.2) is 0 Å². The minimum Gasteiger partial charge on any atom is -0.392 e. The molecule has 25 heavy (non-hydrogen) atoms. The van der Waals surface area contributed by atoms with Crippen LogP contribution in [0, 0.1) is 0 Å². The number of rotatable bonds is 5. The second-order valence-corrected chi connectivity index (χ2v) is 5.92. The smallest absolute Gasteiger partial charge is 0.251 e. The molecule has 126 valence electrons. The molecule has 0 aliphatic carbocycles. The quantitative estimate of drug-likeness (QED) is 0.751. The van der Waals surface area contributed by atoms with Crippen LogP contribution in [-0.2, 0) is 0 Å². The zero-order valence-corrected chi connectivity index (χ0v) is 14.0. The molecule has 0 unspecified atom stereocenters. The van der Waals surface area contributed by atoms with Crippen LogP contribution in [0.4, 0.5) is 0 Å². The van der Waals surface area contributed by atoms with Crippen molar-refractivity contribution in [3.63, 3.8) is 0 Å². The summed E-state index contributed by atoms with van der Waals surface area (Å²) in [5, 5.41) is 12.0. The second-order valence-electron chi connectivity index (χ2n) is 5.92. The fraction of sp³-hybridized carbons (Fsp3) is 0.143. The van der Waals surface area contributed by atoms with Gasteiger partial charge in [-0.05, 0) is 41.8 Å². The van der Waals surface area contributed by atoms with Crippen molar-refractivity contribution >= 4 is 5.91 Å². The number of aliphatic hydroxyl groups is 1. The van der Waals surface area contributed by atoms with E-state index in [0.29, 0.717) is 5.56 Å². The third-order valence-electron chi connectivity index (χ3n) is 3.92. The Kier molecular flexibility index (Phi) is 5.21. The predicted molar refractivity (Wildman–Crippen MR) is 99.1 cm³/mol. The van der Waals surface area contributed by atoms with Crippen molar-refractivity contribution in [2.24, 2.45) is 0 Å². The minimum atomic E-state index is -0.563. The number of hydrogen-bond acceptors (Lipinski definition) is 3. The van der Waals surface area contributed by atoms with Crippen molar-refractivity contribution in [3.8, 4) is 22.3 Å². The van der Waals surface area contributed by atoms with Gasteiger partial charge in [0.1, 0.15) is 0 Å². The van der Waals surface area contributed by atoms with Crippen molar-refractivity contribution in [2.45, 2.75) is 13.0 Å². The summed E-state index contributed by atoms with van der Waals surface area (Å²) in [6.07, 6.45) is 3.06. The molecule has 0 saturated heterocycles. The SMILES string of the molecule is C[C@@H](O)CNC(=O)c1ccc(-c2cnccc2-c2ccccc2)cc1. The molecule has 4 nitrogen and oxygen atoms in total. The van der Waals surface area contributed by atoms with Gasteiger partial charge in [-0.1, -0.05) is 42.5 Å². The Morgan fingerprint density at radius 3 is 2.36 bits per heavy atom. The lowest BCUT2D eigenvalue weighted by molar-refractivity contribution is 0.0924. The number of hydrogen-bond donors (Lipinski definition) is 2. The first-order valence-corrected chi connectivity index (χ1v) is 8.21. The van der Waals surface area contributed by atoms with E-state index in [4.69, 9.17) is 0 Å². The van der Waals surface area contributed by atoms with E-state index in [-0.39, 0.29) is 12.5 Å². The molecule has 1 heterocycles. The summed E-state index contributed by atoms with van der Waals surface area (Å²) in [5.41, 5.74) is 4.80. The summed E-state index contributed by atoms with van der Waals surface area (Å²) >= 11 is 0. The van der Waals surface area contributed by atoms with E-state index < -0.39 is 6.10 Å². The third-order valence-corrected chi connectivity index (χ3v) is 3.92. The Morgan fingerprint density at radius 2 is 1.68 bits per heavy atom. The third kappa shape index (κ3) is 4.11. The molecule has 3 aromatic rings.